The predicted molar refractivity (Wildman–Crippen MR) is 69.1 cm³/mol. The molecular formula is C14H14ClNO. The minimum Gasteiger partial charge on any atom is -0.386 e. The number of benzene rings is 1. The van der Waals surface area contributed by atoms with Gasteiger partial charge in [0, 0.05) is 12.6 Å². The van der Waals surface area contributed by atoms with Crippen molar-refractivity contribution in [2.45, 2.75) is 19.4 Å². The number of rotatable bonds is 3. The molecule has 1 aromatic carbocycles. The highest BCUT2D eigenvalue weighted by Crippen LogP contribution is 2.23. The Labute approximate surface area is 106 Å². The Morgan fingerprint density at radius 3 is 2.59 bits per heavy atom. The lowest BCUT2D eigenvalue weighted by Crippen LogP contribution is -2.04. The molecule has 0 radical (unpaired) electrons. The zero-order chi connectivity index (χ0) is 12.3. The summed E-state index contributed by atoms with van der Waals surface area (Å²) >= 11 is 5.99. The lowest BCUT2D eigenvalue weighted by atomic mass is 10.0. The van der Waals surface area contributed by atoms with E-state index in [2.05, 4.69) is 4.98 Å². The fourth-order valence-corrected chi connectivity index (χ4v) is 1.93. The van der Waals surface area contributed by atoms with Gasteiger partial charge in [0.15, 0.2) is 0 Å². The highest BCUT2D eigenvalue weighted by molar-refractivity contribution is 6.31. The number of hydrogen-bond donors (Lipinski definition) is 1. The Kier molecular flexibility index (Phi) is 3.77. The van der Waals surface area contributed by atoms with Gasteiger partial charge in [-0.1, -0.05) is 41.4 Å². The van der Waals surface area contributed by atoms with Crippen LogP contribution in [0.2, 0.25) is 5.02 Å². The van der Waals surface area contributed by atoms with Crippen LogP contribution in [-0.4, -0.2) is 10.1 Å². The maximum absolute atomic E-state index is 10.1. The van der Waals surface area contributed by atoms with Gasteiger partial charge in [0.25, 0.3) is 0 Å². The molecule has 17 heavy (non-hydrogen) atoms. The molecule has 1 unspecified atom stereocenters. The molecule has 1 aromatic heterocycles. The van der Waals surface area contributed by atoms with Gasteiger partial charge in [0.1, 0.15) is 6.10 Å². The number of pyridine rings is 1. The minimum absolute atomic E-state index is 0.507. The molecular weight excluding hydrogens is 234 g/mol. The summed E-state index contributed by atoms with van der Waals surface area (Å²) in [6, 6.07) is 11.6. The van der Waals surface area contributed by atoms with E-state index in [1.807, 2.05) is 31.2 Å². The van der Waals surface area contributed by atoms with Crippen molar-refractivity contribution >= 4 is 11.6 Å². The Morgan fingerprint density at radius 1 is 1.24 bits per heavy atom. The molecule has 0 bridgehead atoms. The van der Waals surface area contributed by atoms with Crippen molar-refractivity contribution < 1.29 is 5.11 Å². The van der Waals surface area contributed by atoms with Crippen molar-refractivity contribution in [1.82, 2.24) is 4.98 Å². The van der Waals surface area contributed by atoms with E-state index in [9.17, 15) is 5.11 Å². The van der Waals surface area contributed by atoms with Crippen LogP contribution >= 0.6 is 11.6 Å². The number of hydrogen-bond acceptors (Lipinski definition) is 2. The molecule has 2 nitrogen and oxygen atoms in total. The summed E-state index contributed by atoms with van der Waals surface area (Å²) in [4.78, 5) is 4.11. The maximum Gasteiger partial charge on any atom is 0.101 e. The van der Waals surface area contributed by atoms with Gasteiger partial charge in [-0.25, -0.2) is 0 Å². The Balaban J connectivity index is 2.14. The summed E-state index contributed by atoms with van der Waals surface area (Å²) in [7, 11) is 0. The monoisotopic (exact) mass is 247 g/mol. The third-order valence-electron chi connectivity index (χ3n) is 2.65. The molecule has 0 saturated carbocycles. The SMILES string of the molecule is Cc1ccc(CC(O)c2ncccc2Cl)cc1. The van der Waals surface area contributed by atoms with E-state index in [1.165, 1.54) is 5.56 Å². The average molecular weight is 248 g/mol. The van der Waals surface area contributed by atoms with E-state index in [4.69, 9.17) is 11.6 Å². The smallest absolute Gasteiger partial charge is 0.101 e. The van der Waals surface area contributed by atoms with Crippen LogP contribution in [0.4, 0.5) is 0 Å². The standard InChI is InChI=1S/C14H14ClNO/c1-10-4-6-11(7-5-10)9-13(17)14-12(15)3-2-8-16-14/h2-8,13,17H,9H2,1H3. The molecule has 1 atom stereocenters. The van der Waals surface area contributed by atoms with Crippen LogP contribution in [0.1, 0.15) is 22.9 Å². The second-order valence-electron chi connectivity index (χ2n) is 4.08. The molecule has 0 amide bonds. The summed E-state index contributed by atoms with van der Waals surface area (Å²) in [6.07, 6.45) is 1.50. The summed E-state index contributed by atoms with van der Waals surface area (Å²) in [5, 5.41) is 10.6. The Morgan fingerprint density at radius 2 is 1.94 bits per heavy atom. The topological polar surface area (TPSA) is 33.1 Å². The quantitative estimate of drug-likeness (QED) is 0.903. The number of aliphatic hydroxyl groups is 1. The molecule has 0 aliphatic carbocycles. The molecule has 2 rings (SSSR count). The summed E-state index contributed by atoms with van der Waals surface area (Å²) < 4.78 is 0. The molecule has 88 valence electrons. The number of halogens is 1. The number of nitrogens with zero attached hydrogens (tertiary/aromatic N) is 1. The fraction of sp³-hybridized carbons (Fsp3) is 0.214. The Hall–Kier alpha value is -1.38. The maximum atomic E-state index is 10.1. The highest BCUT2D eigenvalue weighted by atomic mass is 35.5. The third kappa shape index (κ3) is 3.05. The van der Waals surface area contributed by atoms with Gasteiger partial charge in [-0.3, -0.25) is 4.98 Å². The minimum atomic E-state index is -0.661. The van der Waals surface area contributed by atoms with Crippen LogP contribution in [0.3, 0.4) is 0 Å². The first-order valence-corrected chi connectivity index (χ1v) is 5.88. The molecule has 0 fully saturated rings. The van der Waals surface area contributed by atoms with Crippen molar-refractivity contribution in [3.63, 3.8) is 0 Å². The van der Waals surface area contributed by atoms with Gasteiger partial charge in [-0.05, 0) is 24.6 Å². The van der Waals surface area contributed by atoms with Crippen LogP contribution in [0.5, 0.6) is 0 Å². The molecule has 1 heterocycles. The molecule has 0 aliphatic rings. The fourth-order valence-electron chi connectivity index (χ4n) is 1.69. The van der Waals surface area contributed by atoms with Gasteiger partial charge >= 0.3 is 0 Å². The molecule has 2 aromatic rings. The first kappa shape index (κ1) is 12.1. The first-order chi connectivity index (χ1) is 8.16. The van der Waals surface area contributed by atoms with Crippen LogP contribution in [0, 0.1) is 6.92 Å². The zero-order valence-corrected chi connectivity index (χ0v) is 10.4. The molecule has 0 saturated heterocycles. The van der Waals surface area contributed by atoms with Crippen molar-refractivity contribution in [3.05, 3.63) is 64.4 Å². The van der Waals surface area contributed by atoms with Gasteiger partial charge in [0.05, 0.1) is 10.7 Å². The van der Waals surface area contributed by atoms with Crippen LogP contribution < -0.4 is 0 Å². The van der Waals surface area contributed by atoms with E-state index in [-0.39, 0.29) is 0 Å². The molecule has 0 spiro atoms. The first-order valence-electron chi connectivity index (χ1n) is 5.51. The van der Waals surface area contributed by atoms with Crippen molar-refractivity contribution in [2.24, 2.45) is 0 Å². The lowest BCUT2D eigenvalue weighted by Gasteiger charge is -2.11. The molecule has 3 heteroatoms. The lowest BCUT2D eigenvalue weighted by molar-refractivity contribution is 0.173. The summed E-state index contributed by atoms with van der Waals surface area (Å²) in [5.41, 5.74) is 2.82. The number of aryl methyl sites for hydroxylation is 1. The summed E-state index contributed by atoms with van der Waals surface area (Å²) in [6.45, 7) is 2.04. The van der Waals surface area contributed by atoms with Gasteiger partial charge in [-0.2, -0.15) is 0 Å². The van der Waals surface area contributed by atoms with E-state index < -0.39 is 6.10 Å². The van der Waals surface area contributed by atoms with E-state index >= 15 is 0 Å². The zero-order valence-electron chi connectivity index (χ0n) is 9.60. The molecule has 1 N–H and O–H groups in total. The van der Waals surface area contributed by atoms with Crippen LogP contribution in [0.15, 0.2) is 42.6 Å². The number of aliphatic hydroxyl groups excluding tert-OH is 1. The second-order valence-corrected chi connectivity index (χ2v) is 4.48. The molecule has 0 aliphatic heterocycles. The van der Waals surface area contributed by atoms with E-state index in [0.29, 0.717) is 17.1 Å². The van der Waals surface area contributed by atoms with E-state index in [0.717, 1.165) is 5.56 Å². The normalized spacial score (nSPS) is 12.4. The number of aromatic nitrogens is 1. The van der Waals surface area contributed by atoms with Crippen molar-refractivity contribution in [3.8, 4) is 0 Å². The highest BCUT2D eigenvalue weighted by Gasteiger charge is 2.13. The van der Waals surface area contributed by atoms with Crippen molar-refractivity contribution in [2.75, 3.05) is 0 Å². The Bertz CT molecular complexity index is 496. The van der Waals surface area contributed by atoms with E-state index in [1.54, 1.807) is 18.3 Å². The van der Waals surface area contributed by atoms with Crippen LogP contribution in [-0.2, 0) is 6.42 Å². The van der Waals surface area contributed by atoms with Gasteiger partial charge in [0.2, 0.25) is 0 Å². The predicted octanol–water partition coefficient (Wildman–Crippen LogP) is 3.32. The van der Waals surface area contributed by atoms with Crippen LogP contribution in [0.25, 0.3) is 0 Å². The van der Waals surface area contributed by atoms with Crippen molar-refractivity contribution in [1.29, 1.82) is 0 Å². The largest absolute Gasteiger partial charge is 0.386 e. The van der Waals surface area contributed by atoms with Gasteiger partial charge < -0.3 is 5.11 Å². The summed E-state index contributed by atoms with van der Waals surface area (Å²) in [5.74, 6) is 0. The third-order valence-corrected chi connectivity index (χ3v) is 2.97. The average Bonchev–Trinajstić information content (AvgIpc) is 2.32. The second kappa shape index (κ2) is 5.30. The van der Waals surface area contributed by atoms with Gasteiger partial charge in [-0.15, -0.1) is 0 Å².